The zero-order valence-corrected chi connectivity index (χ0v) is 33.9. The number of hydrogen-bond donors (Lipinski definition) is 0. The van der Waals surface area contributed by atoms with Crippen LogP contribution >= 0.6 is 0 Å². The van der Waals surface area contributed by atoms with Gasteiger partial charge in [-0.15, -0.1) is 0 Å². The summed E-state index contributed by atoms with van der Waals surface area (Å²) in [5, 5.41) is 4.94. The Kier molecular flexibility index (Phi) is 8.50. The number of hydrogen-bond acceptors (Lipinski definition) is 1. The summed E-state index contributed by atoms with van der Waals surface area (Å²) in [6.07, 6.45) is 3.73. The van der Waals surface area contributed by atoms with E-state index in [0.717, 1.165) is 16.9 Å². The first-order chi connectivity index (χ1) is 30.8. The normalized spacial score (nSPS) is 11.5. The Balaban J connectivity index is 0.998. The fourth-order valence-electron chi connectivity index (χ4n) is 9.73. The Morgan fingerprint density at radius 3 is 1.23 bits per heavy atom. The van der Waals surface area contributed by atoms with Crippen molar-refractivity contribution in [3.63, 3.8) is 0 Å². The van der Waals surface area contributed by atoms with Crippen LogP contribution in [0.1, 0.15) is 0 Å². The highest BCUT2D eigenvalue weighted by molar-refractivity contribution is 6.12. The number of para-hydroxylation sites is 4. The lowest BCUT2D eigenvalue weighted by Crippen LogP contribution is -1.97. The van der Waals surface area contributed by atoms with Crippen molar-refractivity contribution in [3.8, 4) is 67.0 Å². The second-order valence-corrected chi connectivity index (χ2v) is 15.9. The lowest BCUT2D eigenvalue weighted by molar-refractivity contribution is 1.18. The summed E-state index contributed by atoms with van der Waals surface area (Å²) in [6, 6.07) is 81.6. The summed E-state index contributed by atoms with van der Waals surface area (Å²) >= 11 is 0. The van der Waals surface area contributed by atoms with Crippen LogP contribution in [0.5, 0.6) is 0 Å². The van der Waals surface area contributed by atoms with Crippen LogP contribution in [-0.4, -0.2) is 14.1 Å². The van der Waals surface area contributed by atoms with Crippen molar-refractivity contribution in [2.75, 3.05) is 0 Å². The molecule has 0 unspecified atom stereocenters. The molecule has 0 saturated carbocycles. The van der Waals surface area contributed by atoms with E-state index in [1.54, 1.807) is 0 Å². The molecular formula is C59H39N3. The van der Waals surface area contributed by atoms with E-state index in [1.165, 1.54) is 93.7 Å². The number of fused-ring (bicyclic) bond motifs is 6. The molecule has 12 aromatic rings. The first-order valence-corrected chi connectivity index (χ1v) is 21.2. The molecule has 9 aromatic carbocycles. The van der Waals surface area contributed by atoms with Crippen LogP contribution < -0.4 is 0 Å². The van der Waals surface area contributed by atoms with Crippen LogP contribution in [0.4, 0.5) is 0 Å². The topological polar surface area (TPSA) is 22.8 Å². The van der Waals surface area contributed by atoms with E-state index < -0.39 is 0 Å². The van der Waals surface area contributed by atoms with Gasteiger partial charge in [-0.1, -0.05) is 158 Å². The molecule has 0 spiro atoms. The van der Waals surface area contributed by atoms with E-state index >= 15 is 0 Å². The molecule has 0 fully saturated rings. The molecule has 0 saturated heterocycles. The number of aromatic nitrogens is 3. The van der Waals surface area contributed by atoms with E-state index in [-0.39, 0.29) is 0 Å². The average molecular weight is 790 g/mol. The Morgan fingerprint density at radius 1 is 0.258 bits per heavy atom. The summed E-state index contributed by atoms with van der Waals surface area (Å²) in [5.41, 5.74) is 19.0. The summed E-state index contributed by atoms with van der Waals surface area (Å²) in [4.78, 5) is 4.29. The summed E-state index contributed by atoms with van der Waals surface area (Å²) in [6.45, 7) is 0. The predicted octanol–water partition coefficient (Wildman–Crippen LogP) is 15.6. The third kappa shape index (κ3) is 5.78. The fourth-order valence-corrected chi connectivity index (χ4v) is 9.73. The Labute approximate surface area is 360 Å². The Bertz CT molecular complexity index is 3630. The highest BCUT2D eigenvalue weighted by atomic mass is 15.0. The van der Waals surface area contributed by atoms with Crippen molar-refractivity contribution < 1.29 is 0 Å². The SMILES string of the molecule is c1ccc(-n2c3ccccc3c3cc(-c4ccccc4-c4ccccc4-c4ccccc4-c4ccc5c(c4)c4ccccc4n5-c4ccccc4-c4ccncc4)ccc32)cc1. The van der Waals surface area contributed by atoms with Gasteiger partial charge in [-0.3, -0.25) is 4.98 Å². The lowest BCUT2D eigenvalue weighted by atomic mass is 9.86. The molecule has 3 heteroatoms. The molecule has 0 aliphatic rings. The molecule has 0 N–H and O–H groups in total. The van der Waals surface area contributed by atoms with Gasteiger partial charge in [-0.05, 0) is 117 Å². The fraction of sp³-hybridized carbons (Fsp3) is 0. The van der Waals surface area contributed by atoms with Gasteiger partial charge in [-0.2, -0.15) is 0 Å². The van der Waals surface area contributed by atoms with Crippen LogP contribution in [0.2, 0.25) is 0 Å². The maximum absolute atomic E-state index is 4.29. The smallest absolute Gasteiger partial charge is 0.0541 e. The van der Waals surface area contributed by atoms with Gasteiger partial charge in [0.25, 0.3) is 0 Å². The minimum Gasteiger partial charge on any atom is -0.309 e. The lowest BCUT2D eigenvalue weighted by Gasteiger charge is -2.18. The number of pyridine rings is 1. The zero-order valence-electron chi connectivity index (χ0n) is 33.9. The van der Waals surface area contributed by atoms with Gasteiger partial charge in [0, 0.05) is 45.2 Å². The van der Waals surface area contributed by atoms with Crippen molar-refractivity contribution in [3.05, 3.63) is 237 Å². The number of nitrogens with zero attached hydrogens (tertiary/aromatic N) is 3. The Hall–Kier alpha value is -8.27. The van der Waals surface area contributed by atoms with E-state index in [1.807, 2.05) is 12.4 Å². The van der Waals surface area contributed by atoms with Crippen molar-refractivity contribution in [1.82, 2.24) is 14.1 Å². The molecule has 3 nitrogen and oxygen atoms in total. The minimum atomic E-state index is 1.14. The molecule has 12 rings (SSSR count). The standard InChI is InChI=1S/C59H39N3/c1-2-16-43(17-3-1)61-56-28-14-11-25-51(56)53-38-41(30-32-58(53)61)44-18-4-6-21-47(44)49-23-8-9-24-50(49)48-22-7-5-19-45(48)42-31-33-59-54(39-42)52-26-12-15-29-57(52)62(59)55-27-13-10-20-46(55)40-34-36-60-37-35-40/h1-39H. The van der Waals surface area contributed by atoms with Crippen molar-refractivity contribution in [2.24, 2.45) is 0 Å². The molecular weight excluding hydrogens is 751 g/mol. The van der Waals surface area contributed by atoms with Crippen LogP contribution in [0.3, 0.4) is 0 Å². The molecule has 3 aromatic heterocycles. The van der Waals surface area contributed by atoms with Crippen LogP contribution in [0.25, 0.3) is 111 Å². The summed E-state index contributed by atoms with van der Waals surface area (Å²) in [7, 11) is 0. The number of benzene rings is 9. The molecule has 62 heavy (non-hydrogen) atoms. The van der Waals surface area contributed by atoms with Gasteiger partial charge in [0.15, 0.2) is 0 Å². The van der Waals surface area contributed by atoms with Crippen LogP contribution in [0.15, 0.2) is 237 Å². The van der Waals surface area contributed by atoms with Gasteiger partial charge in [0.05, 0.1) is 27.8 Å². The third-order valence-electron chi connectivity index (χ3n) is 12.5. The molecule has 0 amide bonds. The third-order valence-corrected chi connectivity index (χ3v) is 12.5. The molecule has 0 bridgehead atoms. The van der Waals surface area contributed by atoms with Crippen molar-refractivity contribution in [1.29, 1.82) is 0 Å². The molecule has 3 heterocycles. The quantitative estimate of drug-likeness (QED) is 0.158. The summed E-state index contributed by atoms with van der Waals surface area (Å²) < 4.78 is 4.79. The Morgan fingerprint density at radius 2 is 0.661 bits per heavy atom. The van der Waals surface area contributed by atoms with E-state index in [9.17, 15) is 0 Å². The van der Waals surface area contributed by atoms with Crippen molar-refractivity contribution in [2.45, 2.75) is 0 Å². The largest absolute Gasteiger partial charge is 0.309 e. The second-order valence-electron chi connectivity index (χ2n) is 15.9. The first kappa shape index (κ1) is 35.7. The highest BCUT2D eigenvalue weighted by Crippen LogP contribution is 2.44. The minimum absolute atomic E-state index is 1.14. The molecule has 290 valence electrons. The van der Waals surface area contributed by atoms with Gasteiger partial charge in [0.2, 0.25) is 0 Å². The predicted molar refractivity (Wildman–Crippen MR) is 260 cm³/mol. The molecule has 0 radical (unpaired) electrons. The number of rotatable bonds is 7. The maximum Gasteiger partial charge on any atom is 0.0541 e. The highest BCUT2D eigenvalue weighted by Gasteiger charge is 2.20. The molecule has 0 atom stereocenters. The van der Waals surface area contributed by atoms with Crippen LogP contribution in [-0.2, 0) is 0 Å². The monoisotopic (exact) mass is 789 g/mol. The molecule has 0 aliphatic carbocycles. The average Bonchev–Trinajstić information content (AvgIpc) is 3.87. The van der Waals surface area contributed by atoms with E-state index in [2.05, 4.69) is 239 Å². The van der Waals surface area contributed by atoms with Gasteiger partial charge < -0.3 is 9.13 Å². The van der Waals surface area contributed by atoms with Gasteiger partial charge in [-0.25, -0.2) is 0 Å². The van der Waals surface area contributed by atoms with E-state index in [0.29, 0.717) is 0 Å². The summed E-state index contributed by atoms with van der Waals surface area (Å²) in [5.74, 6) is 0. The first-order valence-electron chi connectivity index (χ1n) is 21.2. The van der Waals surface area contributed by atoms with Gasteiger partial charge in [0.1, 0.15) is 0 Å². The maximum atomic E-state index is 4.29. The second kappa shape index (κ2) is 14.8. The van der Waals surface area contributed by atoms with E-state index in [4.69, 9.17) is 0 Å². The zero-order chi connectivity index (χ0) is 41.0. The molecule has 0 aliphatic heterocycles. The van der Waals surface area contributed by atoms with Crippen LogP contribution in [0, 0.1) is 0 Å². The van der Waals surface area contributed by atoms with Crippen molar-refractivity contribution >= 4 is 43.6 Å². The van der Waals surface area contributed by atoms with Gasteiger partial charge >= 0.3 is 0 Å².